The molecule has 9 heteroatoms. The molecular weight excluding hydrogens is 424 g/mol. The van der Waals surface area contributed by atoms with E-state index in [0.29, 0.717) is 60.0 Å². The molecule has 168 valence electrons. The van der Waals surface area contributed by atoms with Crippen LogP contribution in [0.5, 0.6) is 5.75 Å². The number of hydrogen-bond acceptors (Lipinski definition) is 7. The number of aryl methyl sites for hydroxylation is 1. The van der Waals surface area contributed by atoms with Crippen LogP contribution in [0.3, 0.4) is 0 Å². The van der Waals surface area contributed by atoms with Crippen molar-refractivity contribution in [3.8, 4) is 17.0 Å². The van der Waals surface area contributed by atoms with E-state index < -0.39 is 0 Å². The van der Waals surface area contributed by atoms with Gasteiger partial charge in [-0.1, -0.05) is 5.16 Å². The molecule has 33 heavy (non-hydrogen) atoms. The zero-order valence-electron chi connectivity index (χ0n) is 18.3. The van der Waals surface area contributed by atoms with Crippen LogP contribution in [-0.2, 0) is 0 Å². The first kappa shape index (κ1) is 20.7. The van der Waals surface area contributed by atoms with Crippen LogP contribution in [0.15, 0.2) is 57.7 Å². The van der Waals surface area contributed by atoms with Crippen molar-refractivity contribution in [1.29, 1.82) is 0 Å². The zero-order chi connectivity index (χ0) is 22.9. The van der Waals surface area contributed by atoms with Crippen molar-refractivity contribution < 1.29 is 23.3 Å². The molecule has 1 aliphatic heterocycles. The Labute approximate surface area is 189 Å². The standard InChI is InChI=1S/C24H22N4O5/c1-15-21-18(14-19(25-22(21)33-26-15)16-5-7-17(31-2)8-6-16)23(29)27-9-11-28(12-10-27)24(30)20-4-3-13-32-20/h3-8,13-14H,9-12H2,1-2H3. The number of carbonyl (C=O) groups is 2. The highest BCUT2D eigenvalue weighted by Crippen LogP contribution is 2.29. The Balaban J connectivity index is 1.42. The van der Waals surface area contributed by atoms with E-state index in [1.807, 2.05) is 24.3 Å². The number of methoxy groups -OCH3 is 1. The van der Waals surface area contributed by atoms with Crippen LogP contribution in [0.2, 0.25) is 0 Å². The van der Waals surface area contributed by atoms with E-state index >= 15 is 0 Å². The molecule has 4 aromatic rings. The summed E-state index contributed by atoms with van der Waals surface area (Å²) in [6.07, 6.45) is 1.48. The van der Waals surface area contributed by atoms with Gasteiger partial charge in [-0.15, -0.1) is 0 Å². The lowest BCUT2D eigenvalue weighted by atomic mass is 10.0. The van der Waals surface area contributed by atoms with Gasteiger partial charge in [0.2, 0.25) is 0 Å². The molecule has 0 atom stereocenters. The Hall–Kier alpha value is -4.14. The number of nitrogens with zero attached hydrogens (tertiary/aromatic N) is 4. The number of benzene rings is 1. The summed E-state index contributed by atoms with van der Waals surface area (Å²) in [4.78, 5) is 34.1. The quantitative estimate of drug-likeness (QED) is 0.473. The van der Waals surface area contributed by atoms with Crippen molar-refractivity contribution in [2.45, 2.75) is 6.92 Å². The van der Waals surface area contributed by atoms with E-state index in [1.165, 1.54) is 6.26 Å². The molecule has 1 aliphatic rings. The third-order valence-corrected chi connectivity index (χ3v) is 5.82. The molecule has 4 heterocycles. The Kier molecular flexibility index (Phi) is 5.29. The smallest absolute Gasteiger partial charge is 0.289 e. The lowest BCUT2D eigenvalue weighted by Gasteiger charge is -2.34. The molecule has 1 fully saturated rings. The molecule has 1 aromatic carbocycles. The normalized spacial score (nSPS) is 14.0. The molecule has 1 saturated heterocycles. The highest BCUT2D eigenvalue weighted by molar-refractivity contribution is 6.07. The average Bonchev–Trinajstić information content (AvgIpc) is 3.53. The fraction of sp³-hybridized carbons (Fsp3) is 0.250. The number of ether oxygens (including phenoxy) is 1. The predicted octanol–water partition coefficient (Wildman–Crippen LogP) is 3.40. The minimum Gasteiger partial charge on any atom is -0.497 e. The van der Waals surface area contributed by atoms with E-state index in [4.69, 9.17) is 13.7 Å². The molecule has 0 bridgehead atoms. The van der Waals surface area contributed by atoms with Gasteiger partial charge in [0.1, 0.15) is 5.75 Å². The van der Waals surface area contributed by atoms with Crippen LogP contribution in [-0.4, -0.2) is 65.0 Å². The minimum atomic E-state index is -0.171. The largest absolute Gasteiger partial charge is 0.497 e. The first-order chi connectivity index (χ1) is 16.0. The maximum atomic E-state index is 13.5. The Bertz CT molecular complexity index is 1300. The van der Waals surface area contributed by atoms with Gasteiger partial charge in [0, 0.05) is 31.7 Å². The SMILES string of the molecule is COc1ccc(-c2cc(C(=O)N3CCN(C(=O)c4ccco4)CC3)c3c(C)noc3n2)cc1. The molecule has 0 spiro atoms. The number of aromatic nitrogens is 2. The van der Waals surface area contributed by atoms with Gasteiger partial charge in [-0.2, -0.15) is 0 Å². The molecule has 0 saturated carbocycles. The molecule has 0 unspecified atom stereocenters. The fourth-order valence-electron chi connectivity index (χ4n) is 4.01. The van der Waals surface area contributed by atoms with E-state index in [9.17, 15) is 9.59 Å². The average molecular weight is 446 g/mol. The number of fused-ring (bicyclic) bond motifs is 1. The van der Waals surface area contributed by atoms with Crippen molar-refractivity contribution in [3.63, 3.8) is 0 Å². The second-order valence-corrected chi connectivity index (χ2v) is 7.79. The fourth-order valence-corrected chi connectivity index (χ4v) is 4.01. The topological polar surface area (TPSA) is 102 Å². The Morgan fingerprint density at radius 2 is 1.70 bits per heavy atom. The molecule has 0 aliphatic carbocycles. The van der Waals surface area contributed by atoms with Gasteiger partial charge >= 0.3 is 0 Å². The van der Waals surface area contributed by atoms with Crippen LogP contribution >= 0.6 is 0 Å². The molecule has 2 amide bonds. The number of pyridine rings is 1. The van der Waals surface area contributed by atoms with Crippen LogP contribution in [0.4, 0.5) is 0 Å². The Morgan fingerprint density at radius 1 is 1.00 bits per heavy atom. The second kappa shape index (κ2) is 8.42. The third-order valence-electron chi connectivity index (χ3n) is 5.82. The third kappa shape index (κ3) is 3.82. The summed E-state index contributed by atoms with van der Waals surface area (Å²) in [6.45, 7) is 3.47. The number of carbonyl (C=O) groups excluding carboxylic acids is 2. The number of amides is 2. The number of hydrogen-bond donors (Lipinski definition) is 0. The Morgan fingerprint density at radius 3 is 2.33 bits per heavy atom. The maximum Gasteiger partial charge on any atom is 0.289 e. The summed E-state index contributed by atoms with van der Waals surface area (Å²) in [6, 6.07) is 12.5. The van der Waals surface area contributed by atoms with Crippen molar-refractivity contribution in [2.24, 2.45) is 0 Å². The van der Waals surface area contributed by atoms with Crippen LogP contribution < -0.4 is 4.74 Å². The summed E-state index contributed by atoms with van der Waals surface area (Å²) in [7, 11) is 1.61. The van der Waals surface area contributed by atoms with Gasteiger partial charge in [-0.3, -0.25) is 9.59 Å². The highest BCUT2D eigenvalue weighted by atomic mass is 16.5. The van der Waals surface area contributed by atoms with Crippen molar-refractivity contribution in [3.05, 3.63) is 65.7 Å². The van der Waals surface area contributed by atoms with E-state index in [0.717, 1.165) is 11.3 Å². The zero-order valence-corrected chi connectivity index (χ0v) is 18.3. The van der Waals surface area contributed by atoms with Gasteiger partial charge < -0.3 is 23.5 Å². The summed E-state index contributed by atoms with van der Waals surface area (Å²) < 4.78 is 15.8. The second-order valence-electron chi connectivity index (χ2n) is 7.79. The highest BCUT2D eigenvalue weighted by Gasteiger charge is 2.29. The summed E-state index contributed by atoms with van der Waals surface area (Å²) in [5, 5.41) is 4.62. The molecule has 0 radical (unpaired) electrons. The number of rotatable bonds is 4. The lowest BCUT2D eigenvalue weighted by Crippen LogP contribution is -2.50. The summed E-state index contributed by atoms with van der Waals surface area (Å²) >= 11 is 0. The minimum absolute atomic E-state index is 0.145. The number of piperazine rings is 1. The van der Waals surface area contributed by atoms with Gasteiger partial charge in [-0.05, 0) is 49.4 Å². The molecule has 3 aromatic heterocycles. The van der Waals surface area contributed by atoms with Crippen molar-refractivity contribution >= 4 is 22.9 Å². The van der Waals surface area contributed by atoms with E-state index in [2.05, 4.69) is 10.1 Å². The van der Waals surface area contributed by atoms with Crippen LogP contribution in [0, 0.1) is 6.92 Å². The molecule has 0 N–H and O–H groups in total. The molecule has 9 nitrogen and oxygen atoms in total. The summed E-state index contributed by atoms with van der Waals surface area (Å²) in [5.41, 5.74) is 2.84. The van der Waals surface area contributed by atoms with Gasteiger partial charge in [0.05, 0.1) is 35.7 Å². The van der Waals surface area contributed by atoms with Gasteiger partial charge in [0.15, 0.2) is 5.76 Å². The first-order valence-corrected chi connectivity index (χ1v) is 10.6. The maximum absolute atomic E-state index is 13.5. The van der Waals surface area contributed by atoms with Gasteiger partial charge in [-0.25, -0.2) is 4.98 Å². The first-order valence-electron chi connectivity index (χ1n) is 10.6. The van der Waals surface area contributed by atoms with Crippen LogP contribution in [0.1, 0.15) is 26.6 Å². The van der Waals surface area contributed by atoms with Gasteiger partial charge in [0.25, 0.3) is 17.5 Å². The van der Waals surface area contributed by atoms with Crippen molar-refractivity contribution in [2.75, 3.05) is 33.3 Å². The lowest BCUT2D eigenvalue weighted by molar-refractivity contribution is 0.0519. The van der Waals surface area contributed by atoms with Crippen LogP contribution in [0.25, 0.3) is 22.4 Å². The number of furan rings is 1. The summed E-state index contributed by atoms with van der Waals surface area (Å²) in [5.74, 6) is 0.715. The van der Waals surface area contributed by atoms with E-state index in [1.54, 1.807) is 42.0 Å². The molecule has 5 rings (SSSR count). The monoisotopic (exact) mass is 446 g/mol. The predicted molar refractivity (Wildman–Crippen MR) is 119 cm³/mol. The molecular formula is C24H22N4O5. The van der Waals surface area contributed by atoms with Crippen molar-refractivity contribution in [1.82, 2.24) is 19.9 Å². The van der Waals surface area contributed by atoms with E-state index in [-0.39, 0.29) is 11.8 Å².